The number of aromatic nitrogens is 4. The van der Waals surface area contributed by atoms with E-state index in [1.807, 2.05) is 23.1 Å². The number of hydrogen-bond acceptors (Lipinski definition) is 6. The number of rotatable bonds is 4. The van der Waals surface area contributed by atoms with Crippen molar-refractivity contribution in [1.29, 1.82) is 0 Å². The number of halogens is 3. The third kappa shape index (κ3) is 4.29. The van der Waals surface area contributed by atoms with Gasteiger partial charge in [-0.3, -0.25) is 4.79 Å². The van der Waals surface area contributed by atoms with Gasteiger partial charge in [-0.05, 0) is 30.7 Å². The molecule has 3 heterocycles. The number of ether oxygens (including phenoxy) is 1. The number of nitrogens with zero attached hydrogens (tertiary/aromatic N) is 6. The van der Waals surface area contributed by atoms with Crippen LogP contribution in [0.1, 0.15) is 12.2 Å². The van der Waals surface area contributed by atoms with Gasteiger partial charge in [0.05, 0.1) is 0 Å². The molecule has 1 aliphatic rings. The Kier molecular flexibility index (Phi) is 5.42. The summed E-state index contributed by atoms with van der Waals surface area (Å²) in [6.07, 6.45) is -3.99. The van der Waals surface area contributed by atoms with E-state index >= 15 is 0 Å². The summed E-state index contributed by atoms with van der Waals surface area (Å²) in [6.45, 7) is 1.90. The van der Waals surface area contributed by atoms with Crippen LogP contribution in [-0.2, 0) is 11.0 Å². The van der Waals surface area contributed by atoms with Gasteiger partial charge in [0, 0.05) is 26.2 Å². The molecule has 1 fully saturated rings. The van der Waals surface area contributed by atoms with E-state index in [2.05, 4.69) is 15.3 Å². The summed E-state index contributed by atoms with van der Waals surface area (Å²) >= 11 is 0. The highest BCUT2D eigenvalue weighted by atomic mass is 19.4. The van der Waals surface area contributed by atoms with Crippen molar-refractivity contribution >= 4 is 17.4 Å². The van der Waals surface area contributed by atoms with Gasteiger partial charge in [-0.15, -0.1) is 15.3 Å². The van der Waals surface area contributed by atoms with Gasteiger partial charge in [-0.1, -0.05) is 18.2 Å². The fourth-order valence-electron chi connectivity index (χ4n) is 3.27. The highest BCUT2D eigenvalue weighted by Gasteiger charge is 2.37. The first-order valence-corrected chi connectivity index (χ1v) is 9.42. The fourth-order valence-corrected chi connectivity index (χ4v) is 3.27. The van der Waals surface area contributed by atoms with Crippen molar-refractivity contribution in [3.05, 3.63) is 48.3 Å². The smallest absolute Gasteiger partial charge is 0.453 e. The zero-order valence-electron chi connectivity index (χ0n) is 15.9. The Labute approximate surface area is 169 Å². The average molecular weight is 420 g/mol. The van der Waals surface area contributed by atoms with Gasteiger partial charge >= 0.3 is 6.18 Å². The molecule has 0 bridgehead atoms. The minimum Gasteiger partial charge on any atom is -0.484 e. The molecule has 1 saturated heterocycles. The van der Waals surface area contributed by atoms with Crippen LogP contribution in [0.5, 0.6) is 5.75 Å². The molecule has 4 rings (SSSR count). The SMILES string of the molecule is O=C(COc1ccccc1)N1CCCN(c2ccc3nnc(C(F)(F)F)n3n2)CC1. The maximum atomic E-state index is 13.1. The Morgan fingerprint density at radius 1 is 1.00 bits per heavy atom. The number of para-hydroxylation sites is 1. The molecule has 0 spiro atoms. The van der Waals surface area contributed by atoms with E-state index in [1.54, 1.807) is 23.1 Å². The third-order valence-corrected chi connectivity index (χ3v) is 4.78. The van der Waals surface area contributed by atoms with Gasteiger partial charge in [0.1, 0.15) is 11.6 Å². The minimum atomic E-state index is -4.65. The van der Waals surface area contributed by atoms with Gasteiger partial charge in [0.25, 0.3) is 11.7 Å². The van der Waals surface area contributed by atoms with E-state index < -0.39 is 12.0 Å². The fraction of sp³-hybridized carbons (Fsp3) is 0.368. The maximum Gasteiger partial charge on any atom is 0.453 e. The second-order valence-corrected chi connectivity index (χ2v) is 6.81. The topological polar surface area (TPSA) is 75.9 Å². The van der Waals surface area contributed by atoms with Gasteiger partial charge in [-0.25, -0.2) is 0 Å². The van der Waals surface area contributed by atoms with Crippen LogP contribution in [0.3, 0.4) is 0 Å². The molecule has 0 saturated carbocycles. The Balaban J connectivity index is 1.42. The molecule has 1 aromatic carbocycles. The van der Waals surface area contributed by atoms with Crippen molar-refractivity contribution in [2.24, 2.45) is 0 Å². The van der Waals surface area contributed by atoms with Crippen molar-refractivity contribution in [2.45, 2.75) is 12.6 Å². The molecular weight excluding hydrogens is 401 g/mol. The van der Waals surface area contributed by atoms with Gasteiger partial charge in [0.15, 0.2) is 12.3 Å². The van der Waals surface area contributed by atoms with Crippen LogP contribution in [0.4, 0.5) is 19.0 Å². The highest BCUT2D eigenvalue weighted by molar-refractivity contribution is 5.77. The Hall–Kier alpha value is -3.37. The zero-order chi connectivity index (χ0) is 21.1. The quantitative estimate of drug-likeness (QED) is 0.645. The van der Waals surface area contributed by atoms with E-state index in [0.717, 1.165) is 0 Å². The van der Waals surface area contributed by atoms with Crippen LogP contribution >= 0.6 is 0 Å². The molecule has 0 atom stereocenters. The molecule has 1 amide bonds. The number of benzene rings is 1. The van der Waals surface area contributed by atoms with Crippen LogP contribution in [0.2, 0.25) is 0 Å². The molecule has 8 nitrogen and oxygen atoms in total. The van der Waals surface area contributed by atoms with Crippen molar-refractivity contribution < 1.29 is 22.7 Å². The predicted octanol–water partition coefficient (Wildman–Crippen LogP) is 2.26. The molecule has 11 heteroatoms. The summed E-state index contributed by atoms with van der Waals surface area (Å²) in [5.41, 5.74) is 0.0239. The molecule has 3 aromatic rings. The van der Waals surface area contributed by atoms with E-state index in [9.17, 15) is 18.0 Å². The Morgan fingerprint density at radius 3 is 2.57 bits per heavy atom. The third-order valence-electron chi connectivity index (χ3n) is 4.78. The lowest BCUT2D eigenvalue weighted by atomic mass is 10.3. The van der Waals surface area contributed by atoms with E-state index in [0.29, 0.717) is 48.7 Å². The van der Waals surface area contributed by atoms with Crippen LogP contribution in [0.15, 0.2) is 42.5 Å². The van der Waals surface area contributed by atoms with E-state index in [1.165, 1.54) is 6.07 Å². The molecular formula is C19H19F3N6O2. The molecule has 0 N–H and O–H groups in total. The van der Waals surface area contributed by atoms with Crippen LogP contribution in [-0.4, -0.2) is 63.4 Å². The van der Waals surface area contributed by atoms with Gasteiger partial charge < -0.3 is 14.5 Å². The Bertz CT molecular complexity index is 1020. The van der Waals surface area contributed by atoms with Crippen molar-refractivity contribution in [1.82, 2.24) is 24.7 Å². The maximum absolute atomic E-state index is 13.1. The Morgan fingerprint density at radius 2 is 1.80 bits per heavy atom. The van der Waals surface area contributed by atoms with Gasteiger partial charge in [-0.2, -0.15) is 17.7 Å². The largest absolute Gasteiger partial charge is 0.484 e. The van der Waals surface area contributed by atoms with E-state index in [-0.39, 0.29) is 18.2 Å². The normalized spacial score (nSPS) is 15.3. The second-order valence-electron chi connectivity index (χ2n) is 6.81. The summed E-state index contributed by atoms with van der Waals surface area (Å²) in [7, 11) is 0. The average Bonchev–Trinajstić information content (AvgIpc) is 3.02. The first-order valence-electron chi connectivity index (χ1n) is 9.42. The number of anilines is 1. The monoisotopic (exact) mass is 420 g/mol. The first kappa shape index (κ1) is 19.9. The van der Waals surface area contributed by atoms with Crippen LogP contribution in [0, 0.1) is 0 Å². The molecule has 0 radical (unpaired) electrons. The van der Waals surface area contributed by atoms with E-state index in [4.69, 9.17) is 4.74 Å². The van der Waals surface area contributed by atoms with Crippen LogP contribution < -0.4 is 9.64 Å². The van der Waals surface area contributed by atoms with Crippen molar-refractivity contribution in [3.63, 3.8) is 0 Å². The number of amides is 1. The number of carbonyl (C=O) groups is 1. The zero-order valence-corrected chi connectivity index (χ0v) is 15.9. The highest BCUT2D eigenvalue weighted by Crippen LogP contribution is 2.28. The lowest BCUT2D eigenvalue weighted by Gasteiger charge is -2.23. The predicted molar refractivity (Wildman–Crippen MR) is 101 cm³/mol. The van der Waals surface area contributed by atoms with Gasteiger partial charge in [0.2, 0.25) is 0 Å². The summed E-state index contributed by atoms with van der Waals surface area (Å²) in [4.78, 5) is 16.0. The first-order chi connectivity index (χ1) is 14.4. The van der Waals surface area contributed by atoms with Crippen molar-refractivity contribution in [3.8, 4) is 5.75 Å². The summed E-state index contributed by atoms with van der Waals surface area (Å²) in [5.74, 6) is -0.303. The van der Waals surface area contributed by atoms with Crippen LogP contribution in [0.25, 0.3) is 5.65 Å². The second kappa shape index (κ2) is 8.17. The summed E-state index contributed by atoms with van der Waals surface area (Å²) < 4.78 is 45.5. The minimum absolute atomic E-state index is 0.0239. The van der Waals surface area contributed by atoms with Crippen molar-refractivity contribution in [2.75, 3.05) is 37.7 Å². The molecule has 30 heavy (non-hydrogen) atoms. The molecule has 1 aliphatic heterocycles. The number of carbonyl (C=O) groups excluding carboxylic acids is 1. The standard InChI is InChI=1S/C19H19F3N6O2/c20-19(21,22)18-24-23-15-7-8-16(25-28(15)18)26-9-4-10-27(12-11-26)17(29)13-30-14-5-2-1-3-6-14/h1-3,5-8H,4,9-13H2. The number of fused-ring (bicyclic) bond motifs is 1. The summed E-state index contributed by atoms with van der Waals surface area (Å²) in [5, 5.41) is 10.8. The molecule has 0 aliphatic carbocycles. The number of hydrogen-bond donors (Lipinski definition) is 0. The molecule has 2 aromatic heterocycles. The molecule has 0 unspecified atom stereocenters. The lowest BCUT2D eigenvalue weighted by Crippen LogP contribution is -2.38. The number of alkyl halides is 3. The molecule has 158 valence electrons. The summed E-state index contributed by atoms with van der Waals surface area (Å²) in [6, 6.07) is 12.1. The lowest BCUT2D eigenvalue weighted by molar-refractivity contribution is -0.146.